The molecular formula is C62H78N14O10. The van der Waals surface area contributed by atoms with E-state index in [1.165, 1.54) is 12.5 Å². The third-order valence-electron chi connectivity index (χ3n) is 15.3. The molecule has 15 N–H and O–H groups in total. The molecule has 456 valence electrons. The zero-order chi connectivity index (χ0) is 61.4. The Morgan fingerprint density at radius 2 is 0.791 bits per heavy atom. The number of nitrogens with two attached hydrogens (primary N) is 1. The molecule has 8 rings (SSSR count). The summed E-state index contributed by atoms with van der Waals surface area (Å²) < 4.78 is 0. The third-order valence-corrected chi connectivity index (χ3v) is 15.3. The highest BCUT2D eigenvalue weighted by Crippen LogP contribution is 2.24. The zero-order valence-electron chi connectivity index (χ0n) is 48.7. The lowest BCUT2D eigenvalue weighted by molar-refractivity contribution is -0.139. The first-order valence-electron chi connectivity index (χ1n) is 29.3. The minimum absolute atomic E-state index is 0.0114. The van der Waals surface area contributed by atoms with Gasteiger partial charge in [0, 0.05) is 95.3 Å². The van der Waals surface area contributed by atoms with E-state index in [0.717, 1.165) is 32.7 Å². The van der Waals surface area contributed by atoms with Gasteiger partial charge in [-0.3, -0.25) is 43.2 Å². The summed E-state index contributed by atoms with van der Waals surface area (Å²) in [6.07, 6.45) is 7.27. The summed E-state index contributed by atoms with van der Waals surface area (Å²) in [6, 6.07) is 10.8. The summed E-state index contributed by atoms with van der Waals surface area (Å²) in [5.74, 6) is -8.21. The molecule has 86 heavy (non-hydrogen) atoms. The van der Waals surface area contributed by atoms with Crippen molar-refractivity contribution >= 4 is 85.9 Å². The van der Waals surface area contributed by atoms with Gasteiger partial charge in [0.2, 0.25) is 47.3 Å². The van der Waals surface area contributed by atoms with E-state index in [4.69, 9.17) is 5.73 Å². The number of carbonyl (C=O) groups excluding carboxylic acids is 8. The number of rotatable bonds is 19. The highest BCUT2D eigenvalue weighted by Gasteiger charge is 2.37. The first-order valence-corrected chi connectivity index (χ1v) is 29.3. The molecule has 7 aromatic rings. The summed E-state index contributed by atoms with van der Waals surface area (Å²) in [7, 11) is 0. The van der Waals surface area contributed by atoms with Crippen LogP contribution in [0.15, 0.2) is 104 Å². The van der Waals surface area contributed by atoms with Crippen LogP contribution in [0.5, 0.6) is 0 Å². The molecule has 0 unspecified atom stereocenters. The number of amides is 8. The maximum absolute atomic E-state index is 15.1. The van der Waals surface area contributed by atoms with Gasteiger partial charge < -0.3 is 73.3 Å². The van der Waals surface area contributed by atoms with Crippen molar-refractivity contribution in [3.63, 3.8) is 0 Å². The van der Waals surface area contributed by atoms with Crippen molar-refractivity contribution in [2.75, 3.05) is 6.54 Å². The average Bonchev–Trinajstić information content (AvgIpc) is 2.71. The SMILES string of the molecule is CC(C)C[C@H]1NC(=O)[C@H](Cc2c[nH]c3ccccc23)NC(=O)[C@@H](Cc2cnc[nH]2)NC(=O)[C@H](CCCCN)NC(=O)[C@@H](CCC(=O)O)NC(=O)[C@H](Cc2c[nH]c3ccccc23)NC(=O)[C@@H](CC(C)C)NC(=O)[C@H](Cc2c[nH]c3ccccc23)NC1=O. The van der Waals surface area contributed by atoms with Gasteiger partial charge in [-0.05, 0) is 91.8 Å². The number of carboxylic acids is 1. The number of para-hydroxylation sites is 3. The molecule has 5 heterocycles. The number of aliphatic carboxylic acids is 1. The van der Waals surface area contributed by atoms with Crippen molar-refractivity contribution in [2.45, 2.75) is 147 Å². The van der Waals surface area contributed by atoms with Gasteiger partial charge in [-0.2, -0.15) is 0 Å². The van der Waals surface area contributed by atoms with Crippen molar-refractivity contribution < 1.29 is 48.3 Å². The lowest BCUT2D eigenvalue weighted by Crippen LogP contribution is -2.62. The number of fused-ring (bicyclic) bond motifs is 3. The number of hydrogen-bond donors (Lipinski definition) is 14. The molecule has 3 aromatic carbocycles. The maximum Gasteiger partial charge on any atom is 0.303 e. The molecule has 1 saturated heterocycles. The Balaban J connectivity index is 1.23. The molecule has 1 aliphatic heterocycles. The van der Waals surface area contributed by atoms with Gasteiger partial charge in [0.05, 0.1) is 6.33 Å². The van der Waals surface area contributed by atoms with Crippen molar-refractivity contribution in [1.82, 2.24) is 67.5 Å². The van der Waals surface area contributed by atoms with Crippen LogP contribution in [0.2, 0.25) is 0 Å². The van der Waals surface area contributed by atoms with Crippen molar-refractivity contribution in [3.05, 3.63) is 126 Å². The number of aromatic amines is 4. The topological polar surface area (TPSA) is 372 Å². The maximum atomic E-state index is 15.1. The lowest BCUT2D eigenvalue weighted by atomic mass is 9.98. The number of nitrogens with one attached hydrogen (secondary N) is 12. The van der Waals surface area contributed by atoms with E-state index in [1.54, 1.807) is 24.7 Å². The number of carboxylic acid groups (broad SMARTS) is 1. The summed E-state index contributed by atoms with van der Waals surface area (Å²) in [6.45, 7) is 7.64. The van der Waals surface area contributed by atoms with Crippen LogP contribution in [0.3, 0.4) is 0 Å². The van der Waals surface area contributed by atoms with E-state index in [0.29, 0.717) is 35.2 Å². The number of carbonyl (C=O) groups is 9. The Kier molecular flexibility index (Phi) is 21.5. The first kappa shape index (κ1) is 62.7. The molecule has 0 bridgehead atoms. The van der Waals surface area contributed by atoms with Crippen LogP contribution in [0.1, 0.15) is 95.0 Å². The predicted molar refractivity (Wildman–Crippen MR) is 322 cm³/mol. The Bertz CT molecular complexity index is 3510. The molecule has 24 nitrogen and oxygen atoms in total. The summed E-state index contributed by atoms with van der Waals surface area (Å²) >= 11 is 0. The second-order valence-electron chi connectivity index (χ2n) is 22.9. The number of aromatic nitrogens is 5. The molecule has 0 saturated carbocycles. The Morgan fingerprint density at radius 1 is 0.453 bits per heavy atom. The zero-order valence-corrected chi connectivity index (χ0v) is 48.7. The fourth-order valence-electron chi connectivity index (χ4n) is 10.9. The lowest BCUT2D eigenvalue weighted by Gasteiger charge is -2.30. The minimum atomic E-state index is -1.59. The quantitative estimate of drug-likeness (QED) is 0.0520. The highest BCUT2D eigenvalue weighted by molar-refractivity contribution is 6.00. The molecular weight excluding hydrogens is 1100 g/mol. The molecule has 1 fully saturated rings. The normalized spacial score (nSPS) is 21.9. The Hall–Kier alpha value is -9.32. The van der Waals surface area contributed by atoms with Gasteiger partial charge in [0.1, 0.15) is 48.3 Å². The second kappa shape index (κ2) is 29.5. The van der Waals surface area contributed by atoms with E-state index < -0.39 is 114 Å². The largest absolute Gasteiger partial charge is 0.481 e. The average molecular weight is 1180 g/mol. The minimum Gasteiger partial charge on any atom is -0.481 e. The van der Waals surface area contributed by atoms with Crippen LogP contribution >= 0.6 is 0 Å². The van der Waals surface area contributed by atoms with Crippen molar-refractivity contribution in [3.8, 4) is 0 Å². The van der Waals surface area contributed by atoms with Crippen LogP contribution in [0.25, 0.3) is 32.7 Å². The highest BCUT2D eigenvalue weighted by atomic mass is 16.4. The van der Waals surface area contributed by atoms with Crippen molar-refractivity contribution in [1.29, 1.82) is 0 Å². The summed E-state index contributed by atoms with van der Waals surface area (Å²) in [5, 5.41) is 34.7. The number of nitrogens with zero attached hydrogens (tertiary/aromatic N) is 1. The summed E-state index contributed by atoms with van der Waals surface area (Å²) in [4.78, 5) is 148. The standard InChI is InChI=1S/C62H78N14O10/c1-34(2)23-48-57(81)73-50(25-36-29-65-43-16-8-5-13-40(36)43)59(83)70-47(20-21-54(77)78)56(80)69-46(19-11-12-22-63)55(79)76-53(28-39-32-64-33-68-39)62(86)75-52(27-38-31-67-45-18-10-7-15-42(38)45)61(85)72-49(24-35(3)4)58(82)74-51(60(84)71-48)26-37-30-66-44-17-9-6-14-41(37)44/h5-10,13-18,29-35,46-53,65-67H,11-12,19-28,63H2,1-4H3,(H,64,68)(H,69,80)(H,70,83)(H,71,84)(H,72,85)(H,73,81)(H,74,82)(H,75,86)(H,76,79)(H,77,78)/t46-,47+,48+,49+,50-,51-,52-,53+/m0/s1. The van der Waals surface area contributed by atoms with Crippen molar-refractivity contribution in [2.24, 2.45) is 17.6 Å². The number of imidazole rings is 1. The Morgan fingerprint density at radius 3 is 1.15 bits per heavy atom. The number of unbranched alkanes of at least 4 members (excludes halogenated alkanes) is 1. The van der Waals surface area contributed by atoms with E-state index in [-0.39, 0.29) is 63.3 Å². The molecule has 1 aliphatic rings. The van der Waals surface area contributed by atoms with E-state index in [2.05, 4.69) is 67.5 Å². The van der Waals surface area contributed by atoms with Gasteiger partial charge in [0.15, 0.2) is 0 Å². The fourth-order valence-corrected chi connectivity index (χ4v) is 10.9. The van der Waals surface area contributed by atoms with Gasteiger partial charge in [-0.25, -0.2) is 4.98 Å². The Labute approximate surface area is 496 Å². The monoisotopic (exact) mass is 1180 g/mol. The van der Waals surface area contributed by atoms with Gasteiger partial charge in [-0.15, -0.1) is 0 Å². The van der Waals surface area contributed by atoms with Gasteiger partial charge in [-0.1, -0.05) is 82.3 Å². The van der Waals surface area contributed by atoms with Crippen LogP contribution in [-0.2, 0) is 68.8 Å². The van der Waals surface area contributed by atoms with E-state index in [1.807, 2.05) is 94.4 Å². The van der Waals surface area contributed by atoms with Crippen LogP contribution in [-0.4, -0.2) is 138 Å². The number of hydrogen-bond acceptors (Lipinski definition) is 11. The molecule has 24 heteroatoms. The van der Waals surface area contributed by atoms with E-state index in [9.17, 15) is 33.9 Å². The molecule has 0 radical (unpaired) electrons. The van der Waals surface area contributed by atoms with Crippen LogP contribution in [0.4, 0.5) is 0 Å². The number of benzene rings is 3. The van der Waals surface area contributed by atoms with Crippen LogP contribution in [0, 0.1) is 11.8 Å². The molecule has 4 aromatic heterocycles. The van der Waals surface area contributed by atoms with E-state index >= 15 is 14.4 Å². The third kappa shape index (κ3) is 16.7. The van der Waals surface area contributed by atoms with Gasteiger partial charge >= 0.3 is 5.97 Å². The summed E-state index contributed by atoms with van der Waals surface area (Å²) in [5.41, 5.74) is 10.4. The van der Waals surface area contributed by atoms with Gasteiger partial charge in [0.25, 0.3) is 0 Å². The molecule has 0 aliphatic carbocycles. The molecule has 8 atom stereocenters. The smallest absolute Gasteiger partial charge is 0.303 e. The molecule has 8 amide bonds. The first-order chi connectivity index (χ1) is 41.3. The fraction of sp³-hybridized carbons (Fsp3) is 0.419. The number of H-pyrrole nitrogens is 4. The predicted octanol–water partition coefficient (Wildman–Crippen LogP) is 3.10. The molecule has 0 spiro atoms. The van der Waals surface area contributed by atoms with Crippen LogP contribution < -0.4 is 48.3 Å². The second-order valence-corrected chi connectivity index (χ2v) is 22.9.